The van der Waals surface area contributed by atoms with Gasteiger partial charge < -0.3 is 4.98 Å². The Hall–Kier alpha value is -2.68. The molecule has 2 nitrogen and oxygen atoms in total. The van der Waals surface area contributed by atoms with Gasteiger partial charge in [0, 0.05) is 33.9 Å². The number of aromatic nitrogens is 2. The molecule has 0 atom stereocenters. The van der Waals surface area contributed by atoms with E-state index in [0.29, 0.717) is 0 Å². The Morgan fingerprint density at radius 1 is 0.955 bits per heavy atom. The van der Waals surface area contributed by atoms with E-state index in [4.69, 9.17) is 0 Å². The van der Waals surface area contributed by atoms with E-state index in [9.17, 15) is 4.39 Å². The Kier molecular flexibility index (Phi) is 3.11. The van der Waals surface area contributed by atoms with Crippen LogP contribution in [-0.2, 0) is 0 Å². The first-order valence-corrected chi connectivity index (χ1v) is 7.42. The highest BCUT2D eigenvalue weighted by atomic mass is 19.1. The van der Waals surface area contributed by atoms with Crippen LogP contribution in [0.1, 0.15) is 24.1 Å². The van der Waals surface area contributed by atoms with Crippen molar-refractivity contribution in [2.45, 2.75) is 12.8 Å². The van der Waals surface area contributed by atoms with Gasteiger partial charge in [-0.05, 0) is 42.7 Å². The third-order valence-electron chi connectivity index (χ3n) is 4.00. The highest BCUT2D eigenvalue weighted by Gasteiger charge is 2.09. The van der Waals surface area contributed by atoms with E-state index in [2.05, 4.69) is 52.5 Å². The summed E-state index contributed by atoms with van der Waals surface area (Å²) in [6, 6.07) is 9.41. The number of pyridine rings is 1. The number of hydrogen-bond acceptors (Lipinski definition) is 1. The van der Waals surface area contributed by atoms with E-state index in [-0.39, 0.29) is 0 Å². The molecule has 1 N–H and O–H groups in total. The minimum Gasteiger partial charge on any atom is -0.355 e. The van der Waals surface area contributed by atoms with E-state index in [1.54, 1.807) is 12.3 Å². The number of fused-ring (bicyclic) bond motifs is 3. The van der Waals surface area contributed by atoms with Crippen LogP contribution >= 0.6 is 0 Å². The number of aromatic amines is 1. The molecule has 0 spiro atoms. The maximum atomic E-state index is 13.0. The van der Waals surface area contributed by atoms with Gasteiger partial charge in [0.05, 0.1) is 0 Å². The molecular weight excluding hydrogens is 275 g/mol. The van der Waals surface area contributed by atoms with Crippen LogP contribution in [0.4, 0.5) is 4.39 Å². The fraction of sp³-hybridized carbons (Fsp3) is 0.105. The molecule has 2 aromatic heterocycles. The number of nitrogens with one attached hydrogen (secondary N) is 1. The average Bonchev–Trinajstić information content (AvgIpc) is 2.84. The van der Waals surface area contributed by atoms with Gasteiger partial charge in [-0.3, -0.25) is 0 Å². The number of benzene rings is 1. The second-order valence-electron chi connectivity index (χ2n) is 5.46. The first-order valence-electron chi connectivity index (χ1n) is 7.42. The minimum absolute atomic E-state index is 0.456. The van der Waals surface area contributed by atoms with E-state index in [1.807, 2.05) is 0 Å². The lowest BCUT2D eigenvalue weighted by Crippen LogP contribution is -1.83. The van der Waals surface area contributed by atoms with E-state index >= 15 is 0 Å². The number of allylic oxidation sites excluding steroid dienone is 2. The van der Waals surface area contributed by atoms with Crippen LogP contribution in [-0.4, -0.2) is 9.97 Å². The first kappa shape index (κ1) is 13.0. The zero-order valence-corrected chi connectivity index (χ0v) is 12.0. The smallest absolute Gasteiger partial charge is 0.212 e. The van der Waals surface area contributed by atoms with Crippen LogP contribution < -0.4 is 0 Å². The van der Waals surface area contributed by atoms with Crippen molar-refractivity contribution in [2.24, 2.45) is 0 Å². The summed E-state index contributed by atoms with van der Waals surface area (Å²) in [5, 5.41) is 1.21. The zero-order valence-electron chi connectivity index (χ0n) is 12.0. The van der Waals surface area contributed by atoms with Crippen molar-refractivity contribution in [1.82, 2.24) is 9.97 Å². The van der Waals surface area contributed by atoms with Crippen molar-refractivity contribution >= 4 is 23.1 Å². The van der Waals surface area contributed by atoms with Crippen molar-refractivity contribution in [3.63, 3.8) is 0 Å². The fourth-order valence-corrected chi connectivity index (χ4v) is 2.87. The van der Waals surface area contributed by atoms with Gasteiger partial charge in [0.25, 0.3) is 0 Å². The van der Waals surface area contributed by atoms with Gasteiger partial charge in [-0.2, -0.15) is 4.39 Å². The lowest BCUT2D eigenvalue weighted by Gasteiger charge is -2.02. The highest BCUT2D eigenvalue weighted by molar-refractivity contribution is 5.95. The van der Waals surface area contributed by atoms with Gasteiger partial charge in [0.1, 0.15) is 0 Å². The molecule has 3 aromatic rings. The second-order valence-corrected chi connectivity index (χ2v) is 5.46. The topological polar surface area (TPSA) is 28.7 Å². The summed E-state index contributed by atoms with van der Waals surface area (Å²) in [6.45, 7) is 0. The Morgan fingerprint density at radius 3 is 2.59 bits per heavy atom. The Labute approximate surface area is 128 Å². The number of hydrogen-bond donors (Lipinski definition) is 1. The van der Waals surface area contributed by atoms with Crippen molar-refractivity contribution in [3.8, 4) is 11.1 Å². The molecule has 0 saturated carbocycles. The van der Waals surface area contributed by atoms with Crippen LogP contribution in [0.15, 0.2) is 48.7 Å². The summed E-state index contributed by atoms with van der Waals surface area (Å²) in [5.74, 6) is -0.456. The summed E-state index contributed by atoms with van der Waals surface area (Å²) < 4.78 is 13.0. The van der Waals surface area contributed by atoms with Gasteiger partial charge in [-0.15, -0.1) is 0 Å². The molecule has 108 valence electrons. The largest absolute Gasteiger partial charge is 0.355 e. The van der Waals surface area contributed by atoms with Crippen LogP contribution in [0.3, 0.4) is 0 Å². The first-order chi connectivity index (χ1) is 10.8. The summed E-state index contributed by atoms with van der Waals surface area (Å²) in [4.78, 5) is 7.20. The molecule has 0 aliphatic heterocycles. The number of halogens is 1. The SMILES string of the molecule is Fc1ccc(-c2ccc3c4c([nH]c3c2)C=CCCC=C4)cn1. The maximum Gasteiger partial charge on any atom is 0.212 e. The zero-order chi connectivity index (χ0) is 14.9. The molecule has 3 heteroatoms. The van der Waals surface area contributed by atoms with Crippen molar-refractivity contribution in [1.29, 1.82) is 0 Å². The number of nitrogens with zero attached hydrogens (tertiary/aromatic N) is 1. The molecule has 2 heterocycles. The van der Waals surface area contributed by atoms with E-state index < -0.39 is 5.95 Å². The summed E-state index contributed by atoms with van der Waals surface area (Å²) in [7, 11) is 0. The summed E-state index contributed by atoms with van der Waals surface area (Å²) in [5.41, 5.74) is 5.40. The molecular formula is C19H15FN2. The quantitative estimate of drug-likeness (QED) is 0.614. The van der Waals surface area contributed by atoms with Gasteiger partial charge in [-0.1, -0.05) is 30.4 Å². The molecule has 22 heavy (non-hydrogen) atoms. The second kappa shape index (κ2) is 5.26. The van der Waals surface area contributed by atoms with Crippen molar-refractivity contribution in [3.05, 3.63) is 65.9 Å². The minimum atomic E-state index is -0.456. The van der Waals surface area contributed by atoms with Gasteiger partial charge >= 0.3 is 0 Å². The molecule has 0 fully saturated rings. The van der Waals surface area contributed by atoms with Gasteiger partial charge in [0.2, 0.25) is 5.95 Å². The van der Waals surface area contributed by atoms with Crippen molar-refractivity contribution in [2.75, 3.05) is 0 Å². The molecule has 1 aliphatic rings. The molecule has 0 unspecified atom stereocenters. The monoisotopic (exact) mass is 290 g/mol. The van der Waals surface area contributed by atoms with Crippen molar-refractivity contribution < 1.29 is 4.39 Å². The summed E-state index contributed by atoms with van der Waals surface area (Å²) >= 11 is 0. The lowest BCUT2D eigenvalue weighted by molar-refractivity contribution is 0.584. The molecule has 0 bridgehead atoms. The Morgan fingerprint density at radius 2 is 1.77 bits per heavy atom. The fourth-order valence-electron chi connectivity index (χ4n) is 2.87. The number of H-pyrrole nitrogens is 1. The molecule has 1 aromatic carbocycles. The molecule has 0 saturated heterocycles. The standard InChI is InChI=1S/C19H15FN2/c20-19-10-8-14(12-21-19)13-7-9-16-15-5-3-1-2-4-6-17(15)22-18(16)11-13/h3-12,22H,1-2H2. The lowest BCUT2D eigenvalue weighted by atomic mass is 10.0. The third-order valence-corrected chi connectivity index (χ3v) is 4.00. The van der Waals surface area contributed by atoms with Gasteiger partial charge in [-0.25, -0.2) is 4.98 Å². The highest BCUT2D eigenvalue weighted by Crippen LogP contribution is 2.30. The van der Waals surface area contributed by atoms with Crippen LogP contribution in [0.25, 0.3) is 34.2 Å². The third kappa shape index (κ3) is 2.25. The van der Waals surface area contributed by atoms with Crippen LogP contribution in [0.2, 0.25) is 0 Å². The molecule has 4 rings (SSSR count). The summed E-state index contributed by atoms with van der Waals surface area (Å²) in [6.07, 6.45) is 12.5. The molecule has 0 amide bonds. The van der Waals surface area contributed by atoms with Gasteiger partial charge in [0.15, 0.2) is 0 Å². The number of rotatable bonds is 1. The van der Waals surface area contributed by atoms with E-state index in [0.717, 1.165) is 35.2 Å². The predicted molar refractivity (Wildman–Crippen MR) is 88.8 cm³/mol. The van der Waals surface area contributed by atoms with Crippen LogP contribution in [0.5, 0.6) is 0 Å². The average molecular weight is 290 g/mol. The Balaban J connectivity index is 1.86. The molecule has 1 aliphatic carbocycles. The van der Waals surface area contributed by atoms with Crippen LogP contribution in [0, 0.1) is 5.95 Å². The normalized spacial score (nSPS) is 13.9. The van der Waals surface area contributed by atoms with E-state index in [1.165, 1.54) is 17.0 Å². The molecule has 0 radical (unpaired) electrons. The Bertz CT molecular complexity index is 886. The predicted octanol–water partition coefficient (Wildman–Crippen LogP) is 5.19. The maximum absolute atomic E-state index is 13.0.